The largest absolute Gasteiger partial charge is 0.294 e. The minimum absolute atomic E-state index is 0.0832. The Morgan fingerprint density at radius 3 is 1.94 bits per heavy atom. The van der Waals surface area contributed by atoms with E-state index in [1.165, 1.54) is 81.9 Å². The number of amides is 2. The van der Waals surface area contributed by atoms with Gasteiger partial charge in [0.2, 0.25) is 11.8 Å². The van der Waals surface area contributed by atoms with Gasteiger partial charge in [0.05, 0.1) is 5.69 Å². The highest BCUT2D eigenvalue weighted by molar-refractivity contribution is 6.21. The van der Waals surface area contributed by atoms with Gasteiger partial charge in [-0.3, -0.25) is 19.3 Å². The zero-order valence-electron chi connectivity index (χ0n) is 20.7. The van der Waals surface area contributed by atoms with Crippen molar-refractivity contribution in [2.75, 3.05) is 4.90 Å². The Morgan fingerprint density at radius 1 is 0.758 bits per heavy atom. The van der Waals surface area contributed by atoms with Gasteiger partial charge in [0, 0.05) is 24.3 Å². The van der Waals surface area contributed by atoms with Gasteiger partial charge < -0.3 is 0 Å². The van der Waals surface area contributed by atoms with Crippen LogP contribution in [0.3, 0.4) is 0 Å². The van der Waals surface area contributed by atoms with E-state index in [9.17, 15) is 14.4 Å². The molecule has 1 aromatic rings. The molecule has 1 aromatic carbocycles. The van der Waals surface area contributed by atoms with Crippen molar-refractivity contribution >= 4 is 23.3 Å². The predicted molar refractivity (Wildman–Crippen MR) is 135 cm³/mol. The van der Waals surface area contributed by atoms with Crippen LogP contribution in [0, 0.1) is 5.92 Å². The molecule has 0 aromatic heterocycles. The molecule has 1 atom stereocenters. The summed E-state index contributed by atoms with van der Waals surface area (Å²) in [5.74, 6) is -0.287. The van der Waals surface area contributed by atoms with Crippen molar-refractivity contribution in [3.05, 3.63) is 29.3 Å². The first-order valence-corrected chi connectivity index (χ1v) is 13.6. The molecule has 0 bridgehead atoms. The number of benzene rings is 1. The maximum atomic E-state index is 12.9. The highest BCUT2D eigenvalue weighted by Gasteiger charge is 2.39. The minimum atomic E-state index is -0.196. The molecule has 4 heteroatoms. The standard InChI is InChI=1S/C29H43NO3/c1-2-3-4-5-6-7-8-9-10-11-12-13-14-15-16-24-21-28(32)30(29(24)33)25-19-17-23-18-20-27(31)26(23)22-25/h17,19,22,24H,2-16,18,20-21H2,1H3/t24-/m1/s1. The number of aryl methyl sites for hydroxylation is 1. The Hall–Kier alpha value is -1.97. The van der Waals surface area contributed by atoms with Crippen LogP contribution in [0.5, 0.6) is 0 Å². The molecule has 2 amide bonds. The molecule has 0 spiro atoms. The molecule has 4 nitrogen and oxygen atoms in total. The van der Waals surface area contributed by atoms with Crippen LogP contribution in [0.1, 0.15) is 132 Å². The Bertz CT molecular complexity index is 800. The van der Waals surface area contributed by atoms with Crippen molar-refractivity contribution in [2.24, 2.45) is 5.92 Å². The smallest absolute Gasteiger partial charge is 0.237 e. The van der Waals surface area contributed by atoms with E-state index in [2.05, 4.69) is 6.92 Å². The molecule has 0 unspecified atom stereocenters. The van der Waals surface area contributed by atoms with Gasteiger partial charge in [-0.15, -0.1) is 0 Å². The SMILES string of the molecule is CCCCCCCCCCCCCCCC[C@@H]1CC(=O)N(c2ccc3c(c2)C(=O)CC3)C1=O. The van der Waals surface area contributed by atoms with E-state index in [-0.39, 0.29) is 23.5 Å². The molecule has 0 N–H and O–H groups in total. The second-order valence-electron chi connectivity index (χ2n) is 10.1. The number of anilines is 1. The summed E-state index contributed by atoms with van der Waals surface area (Å²) in [5, 5.41) is 0. The van der Waals surface area contributed by atoms with Crippen LogP contribution in [0.4, 0.5) is 5.69 Å². The van der Waals surface area contributed by atoms with Gasteiger partial charge in [-0.2, -0.15) is 0 Å². The van der Waals surface area contributed by atoms with E-state index < -0.39 is 0 Å². The molecule has 1 aliphatic heterocycles. The van der Waals surface area contributed by atoms with Crippen LogP contribution in [-0.2, 0) is 16.0 Å². The molecule has 0 saturated carbocycles. The third-order valence-corrected chi connectivity index (χ3v) is 7.42. The van der Waals surface area contributed by atoms with Crippen molar-refractivity contribution < 1.29 is 14.4 Å². The quantitative estimate of drug-likeness (QED) is 0.192. The van der Waals surface area contributed by atoms with Crippen LogP contribution in [0.15, 0.2) is 18.2 Å². The number of hydrogen-bond acceptors (Lipinski definition) is 3. The van der Waals surface area contributed by atoms with E-state index >= 15 is 0 Å². The topological polar surface area (TPSA) is 54.5 Å². The minimum Gasteiger partial charge on any atom is -0.294 e. The Kier molecular flexibility index (Phi) is 10.6. The Labute approximate surface area is 200 Å². The molecule has 1 heterocycles. The van der Waals surface area contributed by atoms with E-state index in [0.717, 1.165) is 31.2 Å². The molecule has 182 valence electrons. The number of unbranched alkanes of at least 4 members (excludes halogenated alkanes) is 13. The van der Waals surface area contributed by atoms with Crippen molar-refractivity contribution in [2.45, 2.75) is 122 Å². The van der Waals surface area contributed by atoms with E-state index in [4.69, 9.17) is 0 Å². The summed E-state index contributed by atoms with van der Waals surface area (Å²) in [7, 11) is 0. The van der Waals surface area contributed by atoms with Crippen molar-refractivity contribution in [1.29, 1.82) is 0 Å². The second kappa shape index (κ2) is 13.7. The molecular weight excluding hydrogens is 410 g/mol. The summed E-state index contributed by atoms with van der Waals surface area (Å²) < 4.78 is 0. The van der Waals surface area contributed by atoms with Crippen molar-refractivity contribution in [3.63, 3.8) is 0 Å². The maximum Gasteiger partial charge on any atom is 0.237 e. The Morgan fingerprint density at radius 2 is 1.33 bits per heavy atom. The van der Waals surface area contributed by atoms with Crippen LogP contribution in [-0.4, -0.2) is 17.6 Å². The number of Topliss-reactive ketones (excluding diaryl/α,β-unsaturated/α-hetero) is 1. The van der Waals surface area contributed by atoms with E-state index in [0.29, 0.717) is 24.1 Å². The lowest BCUT2D eigenvalue weighted by Gasteiger charge is -2.16. The lowest BCUT2D eigenvalue weighted by molar-refractivity contribution is -0.122. The molecule has 1 saturated heterocycles. The first-order valence-electron chi connectivity index (χ1n) is 13.6. The molecule has 33 heavy (non-hydrogen) atoms. The fraction of sp³-hybridized carbons (Fsp3) is 0.690. The number of ketones is 1. The molecular formula is C29H43NO3. The zero-order chi connectivity index (χ0) is 23.5. The normalized spacial score (nSPS) is 17.9. The number of fused-ring (bicyclic) bond motifs is 1. The number of imide groups is 1. The van der Waals surface area contributed by atoms with Crippen LogP contribution in [0.25, 0.3) is 0 Å². The molecule has 1 aliphatic carbocycles. The third-order valence-electron chi connectivity index (χ3n) is 7.42. The number of carbonyl (C=O) groups is 3. The van der Waals surface area contributed by atoms with Crippen LogP contribution in [0.2, 0.25) is 0 Å². The molecule has 0 radical (unpaired) electrons. The number of hydrogen-bond donors (Lipinski definition) is 0. The highest BCUT2D eigenvalue weighted by atomic mass is 16.2. The zero-order valence-corrected chi connectivity index (χ0v) is 20.7. The summed E-state index contributed by atoms with van der Waals surface area (Å²) >= 11 is 0. The van der Waals surface area contributed by atoms with E-state index in [1.807, 2.05) is 12.1 Å². The summed E-state index contributed by atoms with van der Waals surface area (Å²) in [4.78, 5) is 38.8. The fourth-order valence-corrected chi connectivity index (χ4v) is 5.34. The summed E-state index contributed by atoms with van der Waals surface area (Å²) in [5.41, 5.74) is 2.28. The maximum absolute atomic E-state index is 12.9. The summed E-state index contributed by atoms with van der Waals surface area (Å²) in [6.45, 7) is 2.27. The number of rotatable bonds is 16. The Balaban J connectivity index is 1.26. The summed E-state index contributed by atoms with van der Waals surface area (Å²) in [6, 6.07) is 5.47. The third kappa shape index (κ3) is 7.52. The van der Waals surface area contributed by atoms with Gasteiger partial charge in [-0.05, 0) is 30.5 Å². The van der Waals surface area contributed by atoms with Gasteiger partial charge in [-0.25, -0.2) is 0 Å². The first kappa shape index (κ1) is 25.6. The van der Waals surface area contributed by atoms with Gasteiger partial charge in [0.25, 0.3) is 0 Å². The van der Waals surface area contributed by atoms with Crippen LogP contribution >= 0.6 is 0 Å². The fourth-order valence-electron chi connectivity index (χ4n) is 5.34. The number of nitrogens with zero attached hydrogens (tertiary/aromatic N) is 1. The number of carbonyl (C=O) groups excluding carboxylic acids is 3. The van der Waals surface area contributed by atoms with Gasteiger partial charge in [0.15, 0.2) is 5.78 Å². The molecule has 3 rings (SSSR count). The second-order valence-corrected chi connectivity index (χ2v) is 10.1. The highest BCUT2D eigenvalue weighted by Crippen LogP contribution is 2.33. The molecule has 2 aliphatic rings. The lowest BCUT2D eigenvalue weighted by Crippen LogP contribution is -2.30. The molecule has 1 fully saturated rings. The van der Waals surface area contributed by atoms with Crippen molar-refractivity contribution in [3.8, 4) is 0 Å². The monoisotopic (exact) mass is 453 g/mol. The van der Waals surface area contributed by atoms with Gasteiger partial charge in [0.1, 0.15) is 0 Å². The van der Waals surface area contributed by atoms with Gasteiger partial charge >= 0.3 is 0 Å². The lowest BCUT2D eigenvalue weighted by atomic mass is 9.98. The van der Waals surface area contributed by atoms with Gasteiger partial charge in [-0.1, -0.05) is 103 Å². The average Bonchev–Trinajstić information content (AvgIpc) is 3.32. The predicted octanol–water partition coefficient (Wildman–Crippen LogP) is 7.57. The van der Waals surface area contributed by atoms with Crippen LogP contribution < -0.4 is 4.90 Å². The average molecular weight is 454 g/mol. The first-order chi connectivity index (χ1) is 16.1. The van der Waals surface area contributed by atoms with Crippen molar-refractivity contribution in [1.82, 2.24) is 0 Å². The van der Waals surface area contributed by atoms with E-state index in [1.54, 1.807) is 6.07 Å². The summed E-state index contributed by atoms with van der Waals surface area (Å²) in [6.07, 6.45) is 20.8.